The molecule has 0 aliphatic carbocycles. The Morgan fingerprint density at radius 1 is 1.61 bits per heavy atom. The molecule has 0 aliphatic rings. The summed E-state index contributed by atoms with van der Waals surface area (Å²) in [5.74, 6) is 5.77. The zero-order valence-corrected chi connectivity index (χ0v) is 10.3. The Balaban J connectivity index is 2.99. The number of rotatable bonds is 7. The van der Waals surface area contributed by atoms with E-state index in [2.05, 4.69) is 15.7 Å². The fourth-order valence-corrected chi connectivity index (χ4v) is 1.44. The summed E-state index contributed by atoms with van der Waals surface area (Å²) in [6.07, 6.45) is 0.757. The molecule has 0 aliphatic heterocycles. The van der Waals surface area contributed by atoms with Crippen LogP contribution in [0.1, 0.15) is 13.3 Å². The third kappa shape index (κ3) is 3.54. The molecular weight excluding hydrogens is 238 g/mol. The highest BCUT2D eigenvalue weighted by molar-refractivity contribution is 5.60. The highest BCUT2D eigenvalue weighted by atomic mass is 16.6. The molecule has 8 nitrogen and oxygen atoms in total. The summed E-state index contributed by atoms with van der Waals surface area (Å²) in [4.78, 5) is 14.4. The predicted molar refractivity (Wildman–Crippen MR) is 68.3 cm³/mol. The lowest BCUT2D eigenvalue weighted by Gasteiger charge is -2.16. The average molecular weight is 255 g/mol. The van der Waals surface area contributed by atoms with Crippen molar-refractivity contribution in [3.63, 3.8) is 0 Å². The van der Waals surface area contributed by atoms with Gasteiger partial charge in [-0.3, -0.25) is 10.1 Å². The van der Waals surface area contributed by atoms with Crippen molar-refractivity contribution in [2.24, 2.45) is 5.84 Å². The molecule has 0 fully saturated rings. The van der Waals surface area contributed by atoms with Gasteiger partial charge >= 0.3 is 5.69 Å². The van der Waals surface area contributed by atoms with Crippen LogP contribution in [0.2, 0.25) is 0 Å². The van der Waals surface area contributed by atoms with Gasteiger partial charge in [-0.05, 0) is 12.5 Å². The van der Waals surface area contributed by atoms with E-state index in [-0.39, 0.29) is 17.5 Å². The Hall–Kier alpha value is -1.93. The maximum atomic E-state index is 10.9. The van der Waals surface area contributed by atoms with Crippen molar-refractivity contribution >= 4 is 17.3 Å². The van der Waals surface area contributed by atoms with E-state index in [9.17, 15) is 10.1 Å². The van der Waals surface area contributed by atoms with Crippen molar-refractivity contribution in [3.05, 3.63) is 22.2 Å². The SMILES string of the molecule is CCC(COC)Nc1nc(NN)ccc1[N+](=O)[O-]. The molecular formula is C10H17N5O3. The average Bonchev–Trinajstić information content (AvgIpc) is 2.37. The van der Waals surface area contributed by atoms with E-state index >= 15 is 0 Å². The number of hydrogen-bond acceptors (Lipinski definition) is 7. The predicted octanol–water partition coefficient (Wildman–Crippen LogP) is 1.11. The maximum absolute atomic E-state index is 10.9. The number of aromatic nitrogens is 1. The summed E-state index contributed by atoms with van der Waals surface area (Å²) in [5.41, 5.74) is 2.26. The lowest BCUT2D eigenvalue weighted by atomic mass is 10.2. The van der Waals surface area contributed by atoms with Gasteiger partial charge < -0.3 is 15.5 Å². The van der Waals surface area contributed by atoms with Gasteiger partial charge in [0.1, 0.15) is 5.82 Å². The molecule has 0 bridgehead atoms. The number of hydrazine groups is 1. The van der Waals surface area contributed by atoms with E-state index in [1.165, 1.54) is 12.1 Å². The highest BCUT2D eigenvalue weighted by Gasteiger charge is 2.18. The summed E-state index contributed by atoms with van der Waals surface area (Å²) < 4.78 is 5.02. The quantitative estimate of drug-likeness (QED) is 0.379. The van der Waals surface area contributed by atoms with Crippen LogP contribution in [0.15, 0.2) is 12.1 Å². The summed E-state index contributed by atoms with van der Waals surface area (Å²) >= 11 is 0. The molecule has 1 unspecified atom stereocenters. The summed E-state index contributed by atoms with van der Waals surface area (Å²) in [7, 11) is 1.57. The van der Waals surface area contributed by atoms with Crippen LogP contribution in [0.25, 0.3) is 0 Å². The van der Waals surface area contributed by atoms with E-state index < -0.39 is 4.92 Å². The monoisotopic (exact) mass is 255 g/mol. The number of anilines is 2. The minimum absolute atomic E-state index is 0.0470. The molecule has 0 amide bonds. The molecule has 4 N–H and O–H groups in total. The number of hydrogen-bond donors (Lipinski definition) is 3. The van der Waals surface area contributed by atoms with Crippen LogP contribution in [0.4, 0.5) is 17.3 Å². The number of ether oxygens (including phenoxy) is 1. The van der Waals surface area contributed by atoms with Crippen LogP contribution < -0.4 is 16.6 Å². The van der Waals surface area contributed by atoms with Gasteiger partial charge in [0.25, 0.3) is 0 Å². The van der Waals surface area contributed by atoms with Gasteiger partial charge in [0.15, 0.2) is 0 Å². The molecule has 1 heterocycles. The standard InChI is InChI=1S/C10H17N5O3/c1-3-7(6-18-2)12-10-8(15(16)17)4-5-9(13-10)14-11/h4-5,7H,3,6,11H2,1-2H3,(H2,12,13,14). The second-order valence-corrected chi connectivity index (χ2v) is 3.67. The van der Waals surface area contributed by atoms with Gasteiger partial charge in [0.05, 0.1) is 17.6 Å². The first-order chi connectivity index (χ1) is 8.62. The molecule has 0 saturated carbocycles. The van der Waals surface area contributed by atoms with Crippen molar-refractivity contribution < 1.29 is 9.66 Å². The van der Waals surface area contributed by atoms with Crippen LogP contribution in [-0.4, -0.2) is 29.7 Å². The van der Waals surface area contributed by atoms with Gasteiger partial charge in [0, 0.05) is 13.2 Å². The van der Waals surface area contributed by atoms with Crippen LogP contribution in [-0.2, 0) is 4.74 Å². The van der Waals surface area contributed by atoms with Crippen LogP contribution in [0.3, 0.4) is 0 Å². The van der Waals surface area contributed by atoms with E-state index in [4.69, 9.17) is 10.6 Å². The summed E-state index contributed by atoms with van der Waals surface area (Å²) in [5, 5.41) is 13.9. The van der Waals surface area contributed by atoms with E-state index in [1.54, 1.807) is 7.11 Å². The van der Waals surface area contributed by atoms with Crippen molar-refractivity contribution in [1.29, 1.82) is 0 Å². The van der Waals surface area contributed by atoms with Gasteiger partial charge in [-0.25, -0.2) is 10.8 Å². The Kier molecular flexibility index (Phi) is 5.28. The second kappa shape index (κ2) is 6.72. The molecule has 1 aromatic heterocycles. The number of nitrogens with zero attached hydrogens (tertiary/aromatic N) is 2. The third-order valence-electron chi connectivity index (χ3n) is 2.42. The van der Waals surface area contributed by atoms with Gasteiger partial charge in [-0.2, -0.15) is 0 Å². The Labute approximate surface area is 105 Å². The minimum Gasteiger partial charge on any atom is -0.383 e. The minimum atomic E-state index is -0.491. The molecule has 0 saturated heterocycles. The van der Waals surface area contributed by atoms with E-state index in [1.807, 2.05) is 6.92 Å². The van der Waals surface area contributed by atoms with Gasteiger partial charge in [-0.1, -0.05) is 6.92 Å². The lowest BCUT2D eigenvalue weighted by Crippen LogP contribution is -2.25. The summed E-state index contributed by atoms with van der Waals surface area (Å²) in [6, 6.07) is 2.75. The smallest absolute Gasteiger partial charge is 0.311 e. The number of pyridine rings is 1. The maximum Gasteiger partial charge on any atom is 0.311 e. The molecule has 100 valence electrons. The molecule has 0 radical (unpaired) electrons. The van der Waals surface area contributed by atoms with E-state index in [0.29, 0.717) is 12.4 Å². The largest absolute Gasteiger partial charge is 0.383 e. The molecule has 18 heavy (non-hydrogen) atoms. The normalized spacial score (nSPS) is 11.9. The molecule has 1 aromatic rings. The molecule has 1 rings (SSSR count). The van der Waals surface area contributed by atoms with Crippen molar-refractivity contribution in [2.75, 3.05) is 24.5 Å². The number of methoxy groups -OCH3 is 1. The number of nitro groups is 1. The number of nitrogens with one attached hydrogen (secondary N) is 2. The second-order valence-electron chi connectivity index (χ2n) is 3.67. The number of nitrogens with two attached hydrogens (primary N) is 1. The fourth-order valence-electron chi connectivity index (χ4n) is 1.44. The Morgan fingerprint density at radius 3 is 2.83 bits per heavy atom. The molecule has 0 spiro atoms. The third-order valence-corrected chi connectivity index (χ3v) is 2.42. The van der Waals surface area contributed by atoms with Crippen molar-refractivity contribution in [2.45, 2.75) is 19.4 Å². The van der Waals surface area contributed by atoms with Gasteiger partial charge in [-0.15, -0.1) is 0 Å². The van der Waals surface area contributed by atoms with Crippen LogP contribution in [0, 0.1) is 10.1 Å². The first kappa shape index (κ1) is 14.1. The Morgan fingerprint density at radius 2 is 2.33 bits per heavy atom. The topological polar surface area (TPSA) is 115 Å². The van der Waals surface area contributed by atoms with Crippen LogP contribution >= 0.6 is 0 Å². The highest BCUT2D eigenvalue weighted by Crippen LogP contribution is 2.24. The fraction of sp³-hybridized carbons (Fsp3) is 0.500. The van der Waals surface area contributed by atoms with E-state index in [0.717, 1.165) is 6.42 Å². The first-order valence-electron chi connectivity index (χ1n) is 5.49. The van der Waals surface area contributed by atoms with Gasteiger partial charge in [0.2, 0.25) is 5.82 Å². The van der Waals surface area contributed by atoms with Crippen LogP contribution in [0.5, 0.6) is 0 Å². The Bertz CT molecular complexity index is 412. The van der Waals surface area contributed by atoms with Crippen molar-refractivity contribution in [3.8, 4) is 0 Å². The molecule has 1 atom stereocenters. The lowest BCUT2D eigenvalue weighted by molar-refractivity contribution is -0.384. The number of nitrogen functional groups attached to an aromatic ring is 1. The molecule has 0 aromatic carbocycles. The summed E-state index contributed by atoms with van der Waals surface area (Å²) in [6.45, 7) is 2.39. The zero-order valence-electron chi connectivity index (χ0n) is 10.3. The first-order valence-corrected chi connectivity index (χ1v) is 5.49. The zero-order chi connectivity index (χ0) is 13.5. The van der Waals surface area contributed by atoms with Crippen molar-refractivity contribution in [1.82, 2.24) is 4.98 Å². The molecule has 8 heteroatoms.